The number of nitrogens with zero attached hydrogens (tertiary/aromatic N) is 2. The van der Waals surface area contributed by atoms with E-state index in [4.69, 9.17) is 5.73 Å². The smallest absolute Gasteiger partial charge is 0.226 e. The number of carbonyl (C=O) groups is 1. The van der Waals surface area contributed by atoms with E-state index in [9.17, 15) is 4.79 Å². The van der Waals surface area contributed by atoms with Crippen molar-refractivity contribution in [2.75, 3.05) is 27.2 Å². The fourth-order valence-corrected chi connectivity index (χ4v) is 3.84. The first-order valence-electron chi connectivity index (χ1n) is 8.11. The Morgan fingerprint density at radius 3 is 2.55 bits per heavy atom. The number of likely N-dealkylation sites (tertiary alicyclic amines) is 1. The maximum Gasteiger partial charge on any atom is 0.226 e. The molecule has 1 saturated heterocycles. The fraction of sp³-hybridized carbons (Fsp3) is 0.938. The summed E-state index contributed by atoms with van der Waals surface area (Å²) in [7, 11) is 4.22. The Kier molecular flexibility index (Phi) is 5.08. The first kappa shape index (κ1) is 15.8. The Balaban J connectivity index is 1.99. The molecule has 0 aromatic carbocycles. The normalized spacial score (nSPS) is 39.1. The Morgan fingerprint density at radius 2 is 1.90 bits per heavy atom. The molecule has 1 aliphatic carbocycles. The van der Waals surface area contributed by atoms with Gasteiger partial charge in [0.25, 0.3) is 0 Å². The maximum atomic E-state index is 12.8. The minimum Gasteiger partial charge on any atom is -0.341 e. The maximum absolute atomic E-state index is 12.8. The summed E-state index contributed by atoms with van der Waals surface area (Å²) in [5, 5.41) is 0. The number of nitrogens with two attached hydrogens (primary N) is 1. The summed E-state index contributed by atoms with van der Waals surface area (Å²) in [6.07, 6.45) is 4.28. The monoisotopic (exact) mass is 281 g/mol. The molecular formula is C16H31N3O. The van der Waals surface area contributed by atoms with E-state index in [0.29, 0.717) is 23.8 Å². The molecule has 0 aromatic heterocycles. The van der Waals surface area contributed by atoms with Crippen molar-refractivity contribution in [3.8, 4) is 0 Å². The van der Waals surface area contributed by atoms with Crippen LogP contribution in [0.1, 0.15) is 39.5 Å². The van der Waals surface area contributed by atoms with Gasteiger partial charge in [0.2, 0.25) is 5.91 Å². The highest BCUT2D eigenvalue weighted by molar-refractivity contribution is 5.79. The van der Waals surface area contributed by atoms with Gasteiger partial charge in [-0.15, -0.1) is 0 Å². The molecular weight excluding hydrogens is 250 g/mol. The van der Waals surface area contributed by atoms with Gasteiger partial charge in [0, 0.05) is 31.1 Å². The summed E-state index contributed by atoms with van der Waals surface area (Å²) in [5.74, 6) is 1.51. The number of likely N-dealkylation sites (N-methyl/N-ethyl adjacent to an activating group) is 1. The van der Waals surface area contributed by atoms with Gasteiger partial charge in [-0.05, 0) is 51.6 Å². The molecule has 1 heterocycles. The summed E-state index contributed by atoms with van der Waals surface area (Å²) in [4.78, 5) is 17.2. The number of piperidine rings is 1. The lowest BCUT2D eigenvalue weighted by atomic mass is 9.72. The van der Waals surface area contributed by atoms with Crippen molar-refractivity contribution in [1.82, 2.24) is 9.80 Å². The fourth-order valence-electron chi connectivity index (χ4n) is 3.84. The zero-order chi connectivity index (χ0) is 14.9. The van der Waals surface area contributed by atoms with Gasteiger partial charge >= 0.3 is 0 Å². The molecule has 2 aliphatic rings. The first-order chi connectivity index (χ1) is 9.40. The van der Waals surface area contributed by atoms with E-state index in [1.807, 2.05) is 0 Å². The second kappa shape index (κ2) is 6.44. The van der Waals surface area contributed by atoms with Crippen LogP contribution in [0.25, 0.3) is 0 Å². The highest BCUT2D eigenvalue weighted by atomic mass is 16.2. The molecule has 20 heavy (non-hydrogen) atoms. The molecule has 0 radical (unpaired) electrons. The van der Waals surface area contributed by atoms with Crippen LogP contribution in [0, 0.1) is 17.8 Å². The van der Waals surface area contributed by atoms with Crippen LogP contribution in [-0.2, 0) is 4.79 Å². The molecule has 1 aliphatic heterocycles. The van der Waals surface area contributed by atoms with Crippen LogP contribution in [0.5, 0.6) is 0 Å². The third-order valence-electron chi connectivity index (χ3n) is 5.44. The lowest BCUT2D eigenvalue weighted by molar-refractivity contribution is -0.141. The SMILES string of the molecule is CC1CC(C)C(C(=O)N2CCCC(N(C)C)C2)CC1N. The molecule has 1 amide bonds. The van der Waals surface area contributed by atoms with Gasteiger partial charge in [-0.25, -0.2) is 0 Å². The molecule has 0 aromatic rings. The molecule has 4 nitrogen and oxygen atoms in total. The Morgan fingerprint density at radius 1 is 1.20 bits per heavy atom. The molecule has 4 heteroatoms. The van der Waals surface area contributed by atoms with Crippen molar-refractivity contribution in [2.45, 2.75) is 51.6 Å². The topological polar surface area (TPSA) is 49.6 Å². The van der Waals surface area contributed by atoms with E-state index < -0.39 is 0 Å². The van der Waals surface area contributed by atoms with Crippen LogP contribution in [0.2, 0.25) is 0 Å². The van der Waals surface area contributed by atoms with Crippen LogP contribution in [0.4, 0.5) is 0 Å². The van der Waals surface area contributed by atoms with Gasteiger partial charge in [-0.2, -0.15) is 0 Å². The number of amides is 1. The number of carbonyl (C=O) groups excluding carboxylic acids is 1. The third kappa shape index (κ3) is 3.34. The van der Waals surface area contributed by atoms with Gasteiger partial charge in [0.1, 0.15) is 0 Å². The molecule has 2 fully saturated rings. The van der Waals surface area contributed by atoms with E-state index in [1.54, 1.807) is 0 Å². The van der Waals surface area contributed by atoms with E-state index in [2.05, 4.69) is 37.7 Å². The van der Waals surface area contributed by atoms with E-state index in [0.717, 1.165) is 32.4 Å². The Hall–Kier alpha value is -0.610. The van der Waals surface area contributed by atoms with E-state index >= 15 is 0 Å². The average Bonchev–Trinajstić information content (AvgIpc) is 2.42. The lowest BCUT2D eigenvalue weighted by Crippen LogP contribution is -2.52. The molecule has 5 atom stereocenters. The van der Waals surface area contributed by atoms with Gasteiger partial charge in [-0.3, -0.25) is 4.79 Å². The molecule has 2 N–H and O–H groups in total. The Bertz CT molecular complexity index is 345. The first-order valence-corrected chi connectivity index (χ1v) is 8.11. The molecule has 2 rings (SSSR count). The zero-order valence-corrected chi connectivity index (χ0v) is 13.5. The summed E-state index contributed by atoms with van der Waals surface area (Å²) in [6.45, 7) is 6.25. The summed E-state index contributed by atoms with van der Waals surface area (Å²) in [5.41, 5.74) is 6.19. The van der Waals surface area contributed by atoms with Crippen LogP contribution in [-0.4, -0.2) is 55.0 Å². The van der Waals surface area contributed by atoms with Gasteiger partial charge in [0.15, 0.2) is 0 Å². The van der Waals surface area contributed by atoms with Crippen LogP contribution >= 0.6 is 0 Å². The van der Waals surface area contributed by atoms with Crippen LogP contribution in [0.15, 0.2) is 0 Å². The van der Waals surface area contributed by atoms with Gasteiger partial charge < -0.3 is 15.5 Å². The number of rotatable bonds is 2. The quantitative estimate of drug-likeness (QED) is 0.835. The predicted octanol–water partition coefficient (Wildman–Crippen LogP) is 1.55. The van der Waals surface area contributed by atoms with E-state index in [1.165, 1.54) is 6.42 Å². The standard InChI is InChI=1S/C16H31N3O/c1-11-8-12(2)15(17)9-14(11)16(20)19-7-5-6-13(10-19)18(3)4/h11-15H,5-10,17H2,1-4H3. The zero-order valence-electron chi connectivity index (χ0n) is 13.5. The third-order valence-corrected chi connectivity index (χ3v) is 5.44. The largest absolute Gasteiger partial charge is 0.341 e. The van der Waals surface area contributed by atoms with Gasteiger partial charge in [0.05, 0.1) is 0 Å². The van der Waals surface area contributed by atoms with Crippen LogP contribution < -0.4 is 5.73 Å². The van der Waals surface area contributed by atoms with Crippen molar-refractivity contribution in [1.29, 1.82) is 0 Å². The van der Waals surface area contributed by atoms with Gasteiger partial charge in [-0.1, -0.05) is 13.8 Å². The minimum atomic E-state index is 0.141. The van der Waals surface area contributed by atoms with Crippen molar-refractivity contribution in [3.63, 3.8) is 0 Å². The van der Waals surface area contributed by atoms with Crippen LogP contribution in [0.3, 0.4) is 0 Å². The highest BCUT2D eigenvalue weighted by Crippen LogP contribution is 2.34. The number of hydrogen-bond donors (Lipinski definition) is 1. The Labute approximate surface area is 123 Å². The van der Waals surface area contributed by atoms with Crippen molar-refractivity contribution < 1.29 is 4.79 Å². The average molecular weight is 281 g/mol. The molecule has 0 spiro atoms. The van der Waals surface area contributed by atoms with Crippen molar-refractivity contribution >= 4 is 5.91 Å². The molecule has 0 bridgehead atoms. The summed E-state index contributed by atoms with van der Waals surface area (Å²) < 4.78 is 0. The molecule has 1 saturated carbocycles. The van der Waals surface area contributed by atoms with E-state index in [-0.39, 0.29) is 12.0 Å². The predicted molar refractivity (Wildman–Crippen MR) is 82.3 cm³/mol. The number of hydrogen-bond acceptors (Lipinski definition) is 3. The second-order valence-corrected chi connectivity index (χ2v) is 7.24. The summed E-state index contributed by atoms with van der Waals surface area (Å²) >= 11 is 0. The highest BCUT2D eigenvalue weighted by Gasteiger charge is 2.38. The lowest BCUT2D eigenvalue weighted by Gasteiger charge is -2.42. The molecule has 5 unspecified atom stereocenters. The minimum absolute atomic E-state index is 0.141. The van der Waals surface area contributed by atoms with Crippen molar-refractivity contribution in [2.24, 2.45) is 23.5 Å². The summed E-state index contributed by atoms with van der Waals surface area (Å²) in [6, 6.07) is 0.703. The second-order valence-electron chi connectivity index (χ2n) is 7.24. The van der Waals surface area contributed by atoms with Crippen molar-refractivity contribution in [3.05, 3.63) is 0 Å². The molecule has 116 valence electrons.